The molecule has 4 aromatic carbocycles. The topological polar surface area (TPSA) is 181 Å². The molecule has 2 N–H and O–H groups in total. The monoisotopic (exact) mass is 941 g/mol. The minimum absolute atomic E-state index is 0.0741. The number of allylic oxidation sites excluding steroid dienone is 2. The third kappa shape index (κ3) is 6.36. The number of phenolic OH excluding ortho intramolecular Hbond substituents is 1. The van der Waals surface area contributed by atoms with Crippen LogP contribution in [0.25, 0.3) is 11.0 Å². The van der Waals surface area contributed by atoms with E-state index >= 15 is 4.79 Å². The zero-order valence-electron chi connectivity index (χ0n) is 34.1. The van der Waals surface area contributed by atoms with E-state index in [1.54, 1.807) is 61.7 Å². The summed E-state index contributed by atoms with van der Waals surface area (Å²) in [6.45, 7) is -0.334. The van der Waals surface area contributed by atoms with Crippen molar-refractivity contribution < 1.29 is 33.3 Å². The summed E-state index contributed by atoms with van der Waals surface area (Å²) in [4.78, 5) is 77.5. The quantitative estimate of drug-likeness (QED) is 0.136. The van der Waals surface area contributed by atoms with Gasteiger partial charge < -0.3 is 23.9 Å². The minimum Gasteiger partial charge on any atom is -0.504 e. The number of aromatic hydroxyl groups is 1. The lowest BCUT2D eigenvalue weighted by molar-refractivity contribution is -0.138. The fourth-order valence-corrected chi connectivity index (χ4v) is 10.1. The summed E-state index contributed by atoms with van der Waals surface area (Å²) in [7, 11) is 5.92. The number of nitrogens with one attached hydrogen (secondary N) is 1. The third-order valence-corrected chi connectivity index (χ3v) is 13.1. The summed E-state index contributed by atoms with van der Waals surface area (Å²) in [6, 6.07) is 17.1. The summed E-state index contributed by atoms with van der Waals surface area (Å²) in [5.41, 5.74) is 1.66. The van der Waals surface area contributed by atoms with Crippen molar-refractivity contribution in [2.45, 2.75) is 43.3 Å². The first-order valence-corrected chi connectivity index (χ1v) is 20.9. The zero-order valence-corrected chi connectivity index (χ0v) is 36.4. The van der Waals surface area contributed by atoms with Gasteiger partial charge in [-0.2, -0.15) is 5.01 Å². The summed E-state index contributed by atoms with van der Waals surface area (Å²) >= 11 is 9.92. The molecule has 2 fully saturated rings. The van der Waals surface area contributed by atoms with Crippen molar-refractivity contribution >= 4 is 56.1 Å². The van der Waals surface area contributed by atoms with Gasteiger partial charge in [-0.1, -0.05) is 45.7 Å². The Hall–Kier alpha value is -6.66. The highest BCUT2D eigenvalue weighted by molar-refractivity contribution is 9.10. The molecular weight excluding hydrogens is 905 g/mol. The highest BCUT2D eigenvalue weighted by atomic mass is 79.9. The molecule has 0 unspecified atom stereocenters. The van der Waals surface area contributed by atoms with E-state index in [4.69, 9.17) is 25.8 Å². The fourth-order valence-electron chi connectivity index (χ4n) is 9.56. The summed E-state index contributed by atoms with van der Waals surface area (Å²) < 4.78 is 35.9. The van der Waals surface area contributed by atoms with E-state index in [0.717, 1.165) is 9.58 Å². The zero-order chi connectivity index (χ0) is 44.6. The molecule has 3 aliphatic rings. The number of aryl methyl sites for hydroxylation is 2. The lowest BCUT2D eigenvalue weighted by Crippen LogP contribution is -2.53. The van der Waals surface area contributed by atoms with Crippen LogP contribution in [0.3, 0.4) is 0 Å². The van der Waals surface area contributed by atoms with Crippen LogP contribution in [0.5, 0.6) is 23.0 Å². The molecule has 1 saturated heterocycles. The number of methoxy groups -OCH3 is 3. The lowest BCUT2D eigenvalue weighted by atomic mass is 9.53. The normalized spacial score (nSPS) is 20.3. The van der Waals surface area contributed by atoms with Crippen LogP contribution in [-0.2, 0) is 41.6 Å². The first kappa shape index (κ1) is 41.7. The average molecular weight is 943 g/mol. The Morgan fingerprint density at radius 1 is 0.921 bits per heavy atom. The van der Waals surface area contributed by atoms with Crippen LogP contribution < -0.4 is 36.6 Å². The number of carbonyl (C=O) groups is 2. The number of ether oxygens (including phenoxy) is 3. The van der Waals surface area contributed by atoms with Crippen molar-refractivity contribution in [3.63, 3.8) is 0 Å². The number of phenols is 1. The SMILES string of the molecule is COc1cc2nc(CCn3c(=O)n4n(c3=O)[C@@H]3C[C@H]5C(=O)N(Nc6ccc(F)cc6)C(=O)[C@@]5(c5ccc(Cl)cc5)[C@@H](c5cc(Br)cc(OC)c5O)C3=CC4)c(=O)n(C)c2cc1OC. The van der Waals surface area contributed by atoms with E-state index in [2.05, 4.69) is 26.3 Å². The van der Waals surface area contributed by atoms with E-state index in [0.29, 0.717) is 43.2 Å². The standard InChI is InChI=1S/C44H38BrClFN7O9/c1-50-33-21-35(62-3)34(61-2)20-31(33)48-30(40(50)57)14-15-51-42(59)52-16-13-27-32(54(52)43(51)60)19-29-39(56)53(49-26-11-9-25(47)10-12-26)41(58)44(29,22-5-7-24(46)8-6-22)37(27)28-17-23(45)18-36(63-4)38(28)55/h5-13,17-18,20-21,29,32,37,49,55H,14-16,19H2,1-4H3/t29-,32+,37+,44+/m0/s1. The Balaban J connectivity index is 1.19. The minimum atomic E-state index is -1.77. The Morgan fingerprint density at radius 2 is 1.60 bits per heavy atom. The second kappa shape index (κ2) is 15.6. The summed E-state index contributed by atoms with van der Waals surface area (Å²) in [5, 5.41) is 13.2. The van der Waals surface area contributed by atoms with E-state index in [-0.39, 0.29) is 54.4 Å². The molecule has 2 amide bonds. The number of hydrogen-bond acceptors (Lipinski definition) is 11. The average Bonchev–Trinajstić information content (AvgIpc) is 3.65. The lowest BCUT2D eigenvalue weighted by Gasteiger charge is -2.49. The van der Waals surface area contributed by atoms with Crippen LogP contribution in [0.15, 0.2) is 103 Å². The smallest absolute Gasteiger partial charge is 0.347 e. The summed E-state index contributed by atoms with van der Waals surface area (Å²) in [5.74, 6) is -3.66. The first-order chi connectivity index (χ1) is 30.2. The summed E-state index contributed by atoms with van der Waals surface area (Å²) in [6.07, 6.45) is 1.52. The highest BCUT2D eigenvalue weighted by Crippen LogP contribution is 2.63. The van der Waals surface area contributed by atoms with E-state index in [1.807, 2.05) is 0 Å². The van der Waals surface area contributed by atoms with Gasteiger partial charge in [0.05, 0.1) is 62.0 Å². The molecule has 1 aliphatic carbocycles. The molecular formula is C44H38BrClFN7O9. The van der Waals surface area contributed by atoms with Gasteiger partial charge in [0.2, 0.25) is 0 Å². The van der Waals surface area contributed by atoms with Gasteiger partial charge in [-0.15, -0.1) is 0 Å². The van der Waals surface area contributed by atoms with E-state index < -0.39 is 57.9 Å². The first-order valence-electron chi connectivity index (χ1n) is 19.7. The number of rotatable bonds is 10. The van der Waals surface area contributed by atoms with Gasteiger partial charge in [-0.25, -0.2) is 32.9 Å². The maximum Gasteiger partial charge on any atom is 0.347 e. The van der Waals surface area contributed by atoms with Gasteiger partial charge in [0, 0.05) is 53.1 Å². The molecule has 0 radical (unpaired) electrons. The van der Waals surface area contributed by atoms with Crippen molar-refractivity contribution in [3.8, 4) is 23.0 Å². The van der Waals surface area contributed by atoms with E-state index in [1.165, 1.54) is 59.5 Å². The number of amides is 2. The number of carbonyl (C=O) groups excluding carboxylic acids is 2. The predicted octanol–water partition coefficient (Wildman–Crippen LogP) is 5.21. The molecule has 9 rings (SSSR count). The van der Waals surface area contributed by atoms with Crippen LogP contribution in [0, 0.1) is 11.7 Å². The number of aromatic nitrogens is 5. The Bertz CT molecular complexity index is 3110. The highest BCUT2D eigenvalue weighted by Gasteiger charge is 2.69. The fraction of sp³-hybridized carbons (Fsp3) is 0.273. The van der Waals surface area contributed by atoms with Crippen LogP contribution in [-0.4, -0.2) is 66.7 Å². The van der Waals surface area contributed by atoms with E-state index in [9.17, 15) is 28.7 Å². The van der Waals surface area contributed by atoms with Gasteiger partial charge in [-0.3, -0.25) is 19.8 Å². The van der Waals surface area contributed by atoms with Crippen LogP contribution in [0.2, 0.25) is 5.02 Å². The van der Waals surface area contributed by atoms with Crippen molar-refractivity contribution in [1.29, 1.82) is 0 Å². The largest absolute Gasteiger partial charge is 0.504 e. The molecule has 16 nitrogen and oxygen atoms in total. The molecule has 324 valence electrons. The Morgan fingerprint density at radius 3 is 2.29 bits per heavy atom. The van der Waals surface area contributed by atoms with Gasteiger partial charge in [0.15, 0.2) is 23.0 Å². The van der Waals surface area contributed by atoms with Crippen molar-refractivity contribution in [3.05, 3.63) is 148 Å². The number of imide groups is 1. The molecule has 0 spiro atoms. The molecule has 0 bridgehead atoms. The molecule has 4 atom stereocenters. The van der Waals surface area contributed by atoms with Gasteiger partial charge in [-0.05, 0) is 66.1 Å². The molecule has 19 heteroatoms. The molecule has 2 aliphatic heterocycles. The number of halogens is 3. The van der Waals surface area contributed by atoms with Gasteiger partial charge in [0.1, 0.15) is 11.5 Å². The van der Waals surface area contributed by atoms with Crippen LogP contribution in [0.1, 0.15) is 35.2 Å². The maximum atomic E-state index is 15.4. The van der Waals surface area contributed by atoms with Crippen molar-refractivity contribution in [1.82, 2.24) is 28.5 Å². The van der Waals surface area contributed by atoms with Crippen molar-refractivity contribution in [2.75, 3.05) is 26.8 Å². The number of anilines is 1. The molecule has 2 aromatic heterocycles. The van der Waals surface area contributed by atoms with Crippen molar-refractivity contribution in [2.24, 2.45) is 13.0 Å². The Labute approximate surface area is 370 Å². The number of hydrazine groups is 1. The maximum absolute atomic E-state index is 15.4. The predicted molar refractivity (Wildman–Crippen MR) is 232 cm³/mol. The Kier molecular flexibility index (Phi) is 10.3. The molecule has 63 heavy (non-hydrogen) atoms. The van der Waals surface area contributed by atoms with Gasteiger partial charge in [0.25, 0.3) is 17.4 Å². The number of nitrogens with zero attached hydrogens (tertiary/aromatic N) is 6. The number of fused-ring (bicyclic) bond motifs is 5. The number of benzene rings is 4. The molecule has 1 saturated carbocycles. The molecule has 6 aromatic rings. The second-order valence-electron chi connectivity index (χ2n) is 15.5. The third-order valence-electron chi connectivity index (χ3n) is 12.4. The van der Waals surface area contributed by atoms with Gasteiger partial charge >= 0.3 is 11.4 Å². The molecule has 4 heterocycles. The van der Waals surface area contributed by atoms with Crippen LogP contribution in [0.4, 0.5) is 10.1 Å². The second-order valence-corrected chi connectivity index (χ2v) is 16.8. The number of hydrogen-bond donors (Lipinski definition) is 2. The van der Waals surface area contributed by atoms with Crippen LogP contribution >= 0.6 is 27.5 Å².